The Bertz CT molecular complexity index is 393. The molecule has 1 aromatic rings. The molecule has 1 aromatic carbocycles. The molecule has 0 radical (unpaired) electrons. The maximum absolute atomic E-state index is 14.0. The van der Waals surface area contributed by atoms with Crippen molar-refractivity contribution >= 4 is 21.6 Å². The monoisotopic (exact) mass is 315 g/mol. The zero-order chi connectivity index (χ0) is 13.1. The molecule has 0 saturated carbocycles. The zero-order valence-electron chi connectivity index (χ0n) is 10.6. The summed E-state index contributed by atoms with van der Waals surface area (Å²) in [4.78, 5) is 2.13. The number of anilines is 1. The molecule has 1 fully saturated rings. The van der Waals surface area contributed by atoms with Crippen molar-refractivity contribution < 1.29 is 9.50 Å². The number of halogens is 2. The lowest BCUT2D eigenvalue weighted by atomic mass is 9.93. The highest BCUT2D eigenvalue weighted by atomic mass is 79.9. The molecule has 0 unspecified atom stereocenters. The van der Waals surface area contributed by atoms with Gasteiger partial charge in [-0.15, -0.1) is 0 Å². The van der Waals surface area contributed by atoms with E-state index in [0.29, 0.717) is 5.92 Å². The first kappa shape index (κ1) is 13.8. The summed E-state index contributed by atoms with van der Waals surface area (Å²) in [6.45, 7) is 3.97. The van der Waals surface area contributed by atoms with Crippen molar-refractivity contribution in [2.45, 2.75) is 26.2 Å². The maximum Gasteiger partial charge on any atom is 0.147 e. The Hall–Kier alpha value is -0.610. The standard InChI is InChI=1S/C14H19BrFNO/c1-10-8-12(15)9-13(16)14(10)17-5-2-11(3-6-17)4-7-18/h8-9,11,18H,2-7H2,1H3. The molecule has 1 heterocycles. The molecule has 0 aromatic heterocycles. The Morgan fingerprint density at radius 3 is 2.61 bits per heavy atom. The molecule has 2 nitrogen and oxygen atoms in total. The fraction of sp³-hybridized carbons (Fsp3) is 0.571. The Morgan fingerprint density at radius 2 is 2.06 bits per heavy atom. The number of rotatable bonds is 3. The number of benzene rings is 1. The number of nitrogens with zero attached hydrogens (tertiary/aromatic N) is 1. The van der Waals surface area contributed by atoms with Crippen molar-refractivity contribution in [3.63, 3.8) is 0 Å². The second-order valence-electron chi connectivity index (χ2n) is 5.00. The van der Waals surface area contributed by atoms with Crippen molar-refractivity contribution in [2.75, 3.05) is 24.6 Å². The third-order valence-corrected chi connectivity index (χ3v) is 4.14. The zero-order valence-corrected chi connectivity index (χ0v) is 12.2. The number of hydrogen-bond donors (Lipinski definition) is 1. The quantitative estimate of drug-likeness (QED) is 0.923. The molecule has 0 bridgehead atoms. The van der Waals surface area contributed by atoms with Gasteiger partial charge in [0.2, 0.25) is 0 Å². The smallest absolute Gasteiger partial charge is 0.147 e. The van der Waals surface area contributed by atoms with Gasteiger partial charge in [0, 0.05) is 24.2 Å². The second-order valence-corrected chi connectivity index (χ2v) is 5.91. The Labute approximate surface area is 116 Å². The van der Waals surface area contributed by atoms with E-state index < -0.39 is 0 Å². The van der Waals surface area contributed by atoms with Gasteiger partial charge in [0.05, 0.1) is 5.69 Å². The van der Waals surface area contributed by atoms with E-state index in [1.54, 1.807) is 0 Å². The van der Waals surface area contributed by atoms with Crippen LogP contribution in [-0.4, -0.2) is 24.8 Å². The molecular formula is C14H19BrFNO. The third kappa shape index (κ3) is 3.04. The third-order valence-electron chi connectivity index (χ3n) is 3.69. The normalized spacial score (nSPS) is 17.2. The lowest BCUT2D eigenvalue weighted by Crippen LogP contribution is -2.35. The van der Waals surface area contributed by atoms with Gasteiger partial charge in [-0.2, -0.15) is 0 Å². The van der Waals surface area contributed by atoms with Crippen LogP contribution < -0.4 is 4.90 Å². The fourth-order valence-corrected chi connectivity index (χ4v) is 3.27. The van der Waals surface area contributed by atoms with Crippen LogP contribution in [0.1, 0.15) is 24.8 Å². The predicted molar refractivity (Wildman–Crippen MR) is 75.5 cm³/mol. The van der Waals surface area contributed by atoms with Crippen LogP contribution in [0.25, 0.3) is 0 Å². The van der Waals surface area contributed by atoms with Crippen molar-refractivity contribution in [3.8, 4) is 0 Å². The first-order valence-corrected chi connectivity index (χ1v) is 7.22. The summed E-state index contributed by atoms with van der Waals surface area (Å²) < 4.78 is 14.8. The van der Waals surface area contributed by atoms with E-state index in [1.807, 2.05) is 13.0 Å². The van der Waals surface area contributed by atoms with E-state index in [1.165, 1.54) is 6.07 Å². The van der Waals surface area contributed by atoms with Crippen LogP contribution in [-0.2, 0) is 0 Å². The summed E-state index contributed by atoms with van der Waals surface area (Å²) in [5, 5.41) is 8.94. The number of aryl methyl sites for hydroxylation is 1. The molecule has 18 heavy (non-hydrogen) atoms. The summed E-state index contributed by atoms with van der Waals surface area (Å²) in [5.41, 5.74) is 1.71. The number of aliphatic hydroxyl groups is 1. The molecule has 100 valence electrons. The van der Waals surface area contributed by atoms with Gasteiger partial charge in [0.25, 0.3) is 0 Å². The number of hydrogen-bond acceptors (Lipinski definition) is 2. The lowest BCUT2D eigenvalue weighted by molar-refractivity contribution is 0.240. The number of piperidine rings is 1. The summed E-state index contributed by atoms with van der Waals surface area (Å²) in [7, 11) is 0. The number of aliphatic hydroxyl groups excluding tert-OH is 1. The highest BCUT2D eigenvalue weighted by molar-refractivity contribution is 9.10. The van der Waals surface area contributed by atoms with Gasteiger partial charge in [-0.25, -0.2) is 4.39 Å². The Kier molecular flexibility index (Phi) is 4.62. The van der Waals surface area contributed by atoms with E-state index in [2.05, 4.69) is 20.8 Å². The average molecular weight is 316 g/mol. The van der Waals surface area contributed by atoms with E-state index >= 15 is 0 Å². The minimum absolute atomic E-state index is 0.150. The van der Waals surface area contributed by atoms with Crippen LogP contribution in [0.2, 0.25) is 0 Å². The van der Waals surface area contributed by atoms with Gasteiger partial charge in [-0.3, -0.25) is 0 Å². The first-order valence-electron chi connectivity index (χ1n) is 6.43. The van der Waals surface area contributed by atoms with E-state index in [9.17, 15) is 4.39 Å². The minimum Gasteiger partial charge on any atom is -0.396 e. The molecule has 0 spiro atoms. The van der Waals surface area contributed by atoms with Gasteiger partial charge in [0.15, 0.2) is 0 Å². The fourth-order valence-electron chi connectivity index (χ4n) is 2.72. The minimum atomic E-state index is -0.150. The van der Waals surface area contributed by atoms with Crippen molar-refractivity contribution in [2.24, 2.45) is 5.92 Å². The highest BCUT2D eigenvalue weighted by Crippen LogP contribution is 2.31. The topological polar surface area (TPSA) is 23.5 Å². The molecule has 0 atom stereocenters. The Morgan fingerprint density at radius 1 is 1.39 bits per heavy atom. The first-order chi connectivity index (χ1) is 8.61. The maximum atomic E-state index is 14.0. The largest absolute Gasteiger partial charge is 0.396 e. The predicted octanol–water partition coefficient (Wildman–Crippen LogP) is 3.50. The molecular weight excluding hydrogens is 297 g/mol. The molecule has 0 amide bonds. The van der Waals surface area contributed by atoms with Gasteiger partial charge < -0.3 is 10.0 Å². The Balaban J connectivity index is 2.10. The second kappa shape index (κ2) is 6.02. The van der Waals surface area contributed by atoms with Gasteiger partial charge in [-0.05, 0) is 49.8 Å². The van der Waals surface area contributed by atoms with Crippen LogP contribution in [0.15, 0.2) is 16.6 Å². The lowest BCUT2D eigenvalue weighted by Gasteiger charge is -2.34. The van der Waals surface area contributed by atoms with Crippen molar-refractivity contribution in [1.29, 1.82) is 0 Å². The molecule has 4 heteroatoms. The van der Waals surface area contributed by atoms with Crippen LogP contribution in [0.4, 0.5) is 10.1 Å². The van der Waals surface area contributed by atoms with Crippen LogP contribution in [0.5, 0.6) is 0 Å². The SMILES string of the molecule is Cc1cc(Br)cc(F)c1N1CCC(CCO)CC1. The van der Waals surface area contributed by atoms with Crippen LogP contribution >= 0.6 is 15.9 Å². The van der Waals surface area contributed by atoms with Crippen molar-refractivity contribution in [3.05, 3.63) is 28.0 Å². The van der Waals surface area contributed by atoms with Gasteiger partial charge in [0.1, 0.15) is 5.82 Å². The van der Waals surface area contributed by atoms with E-state index in [4.69, 9.17) is 5.11 Å². The highest BCUT2D eigenvalue weighted by Gasteiger charge is 2.22. The molecule has 2 rings (SSSR count). The molecule has 0 aliphatic carbocycles. The summed E-state index contributed by atoms with van der Waals surface area (Å²) in [6.07, 6.45) is 2.95. The molecule has 1 saturated heterocycles. The van der Waals surface area contributed by atoms with Gasteiger partial charge in [-0.1, -0.05) is 15.9 Å². The summed E-state index contributed by atoms with van der Waals surface area (Å²) in [5.74, 6) is 0.438. The van der Waals surface area contributed by atoms with Crippen LogP contribution in [0, 0.1) is 18.7 Å². The van der Waals surface area contributed by atoms with E-state index in [-0.39, 0.29) is 12.4 Å². The van der Waals surface area contributed by atoms with Crippen molar-refractivity contribution in [1.82, 2.24) is 0 Å². The molecule has 1 N–H and O–H groups in total. The molecule has 1 aliphatic heterocycles. The van der Waals surface area contributed by atoms with E-state index in [0.717, 1.165) is 48.1 Å². The summed E-state index contributed by atoms with van der Waals surface area (Å²) >= 11 is 3.31. The summed E-state index contributed by atoms with van der Waals surface area (Å²) in [6, 6.07) is 3.49. The average Bonchev–Trinajstić information content (AvgIpc) is 2.30. The van der Waals surface area contributed by atoms with Crippen LogP contribution in [0.3, 0.4) is 0 Å². The molecule has 1 aliphatic rings. The van der Waals surface area contributed by atoms with Gasteiger partial charge >= 0.3 is 0 Å².